The predicted molar refractivity (Wildman–Crippen MR) is 111 cm³/mol. The van der Waals surface area contributed by atoms with E-state index in [0.717, 1.165) is 19.0 Å². The van der Waals surface area contributed by atoms with Gasteiger partial charge in [-0.2, -0.15) is 22.6 Å². The van der Waals surface area contributed by atoms with Crippen LogP contribution >= 0.6 is 0 Å². The standard InChI is InChI=1S/C21H19F3N4O3S/c22-21(23,24)19-18(14-25-28(19)16-6-2-1-3-7-16)20(29)26-15-8-10-17(11-9-15)32(30,31)27-12-4-5-13-27/h1-3,6-11,14H,4-5,12-13H2,(H,26,29). The van der Waals surface area contributed by atoms with E-state index in [1.807, 2.05) is 0 Å². The van der Waals surface area contributed by atoms with E-state index in [4.69, 9.17) is 0 Å². The lowest BCUT2D eigenvalue weighted by Crippen LogP contribution is -2.27. The highest BCUT2D eigenvalue weighted by Gasteiger charge is 2.40. The molecule has 7 nitrogen and oxygen atoms in total. The Morgan fingerprint density at radius 3 is 2.19 bits per heavy atom. The first-order valence-electron chi connectivity index (χ1n) is 9.80. The molecule has 0 unspecified atom stereocenters. The zero-order valence-corrected chi connectivity index (χ0v) is 17.5. The van der Waals surface area contributed by atoms with Crippen LogP contribution in [0.3, 0.4) is 0 Å². The second kappa shape index (κ2) is 8.40. The van der Waals surface area contributed by atoms with E-state index in [2.05, 4.69) is 10.4 Å². The van der Waals surface area contributed by atoms with E-state index in [1.165, 1.54) is 40.7 Å². The largest absolute Gasteiger partial charge is 0.434 e. The molecule has 1 aliphatic heterocycles. The van der Waals surface area contributed by atoms with Crippen molar-refractivity contribution in [2.75, 3.05) is 18.4 Å². The molecule has 11 heteroatoms. The smallest absolute Gasteiger partial charge is 0.322 e. The van der Waals surface area contributed by atoms with E-state index < -0.39 is 33.4 Å². The number of anilines is 1. The fourth-order valence-electron chi connectivity index (χ4n) is 3.54. The van der Waals surface area contributed by atoms with Crippen LogP contribution in [0, 0.1) is 0 Å². The molecule has 1 aromatic heterocycles. The number of halogens is 3. The Kier molecular flexibility index (Phi) is 5.78. The van der Waals surface area contributed by atoms with Crippen LogP contribution in [0.25, 0.3) is 5.69 Å². The third kappa shape index (κ3) is 4.26. The summed E-state index contributed by atoms with van der Waals surface area (Å²) >= 11 is 0. The molecule has 2 heterocycles. The molecular formula is C21H19F3N4O3S. The molecule has 0 saturated carbocycles. The Bertz CT molecular complexity index is 1220. The third-order valence-corrected chi connectivity index (χ3v) is 7.01. The van der Waals surface area contributed by atoms with Gasteiger partial charge in [-0.05, 0) is 49.2 Å². The van der Waals surface area contributed by atoms with Crippen molar-refractivity contribution in [3.05, 3.63) is 72.1 Å². The van der Waals surface area contributed by atoms with E-state index >= 15 is 0 Å². The van der Waals surface area contributed by atoms with Crippen molar-refractivity contribution in [2.24, 2.45) is 0 Å². The van der Waals surface area contributed by atoms with E-state index in [-0.39, 0.29) is 16.3 Å². The molecule has 0 aliphatic carbocycles. The number of carbonyl (C=O) groups is 1. The quantitative estimate of drug-likeness (QED) is 0.620. The minimum atomic E-state index is -4.83. The van der Waals surface area contributed by atoms with Crippen LogP contribution in [0.4, 0.5) is 18.9 Å². The number of para-hydroxylation sites is 1. The molecule has 1 aliphatic rings. The van der Waals surface area contributed by atoms with Gasteiger partial charge in [0.2, 0.25) is 10.0 Å². The van der Waals surface area contributed by atoms with Gasteiger partial charge in [0, 0.05) is 18.8 Å². The van der Waals surface area contributed by atoms with Gasteiger partial charge in [0.05, 0.1) is 22.3 Å². The summed E-state index contributed by atoms with van der Waals surface area (Å²) in [5.41, 5.74) is -1.52. The lowest BCUT2D eigenvalue weighted by atomic mass is 10.2. The van der Waals surface area contributed by atoms with E-state index in [0.29, 0.717) is 17.8 Å². The van der Waals surface area contributed by atoms with Crippen molar-refractivity contribution < 1.29 is 26.4 Å². The van der Waals surface area contributed by atoms with Gasteiger partial charge >= 0.3 is 6.18 Å². The maximum Gasteiger partial charge on any atom is 0.434 e. The fraction of sp³-hybridized carbons (Fsp3) is 0.238. The summed E-state index contributed by atoms with van der Waals surface area (Å²) in [6.07, 6.45) is -2.37. The van der Waals surface area contributed by atoms with Gasteiger partial charge in [-0.15, -0.1) is 0 Å². The number of amides is 1. The zero-order chi connectivity index (χ0) is 22.9. The van der Waals surface area contributed by atoms with Gasteiger partial charge in [-0.1, -0.05) is 18.2 Å². The molecule has 0 spiro atoms. The maximum atomic E-state index is 13.7. The second-order valence-electron chi connectivity index (χ2n) is 7.24. The monoisotopic (exact) mass is 464 g/mol. The number of alkyl halides is 3. The summed E-state index contributed by atoms with van der Waals surface area (Å²) in [4.78, 5) is 12.7. The average Bonchev–Trinajstić information content (AvgIpc) is 3.45. The molecule has 0 bridgehead atoms. The van der Waals surface area contributed by atoms with Crippen LogP contribution in [0.5, 0.6) is 0 Å². The molecule has 1 saturated heterocycles. The van der Waals surface area contributed by atoms with E-state index in [9.17, 15) is 26.4 Å². The lowest BCUT2D eigenvalue weighted by Gasteiger charge is -2.16. The topological polar surface area (TPSA) is 84.3 Å². The van der Waals surface area contributed by atoms with Crippen molar-refractivity contribution in [1.82, 2.24) is 14.1 Å². The Balaban J connectivity index is 1.59. The van der Waals surface area contributed by atoms with Gasteiger partial charge in [-0.3, -0.25) is 4.79 Å². The molecule has 2 aromatic carbocycles. The fourth-order valence-corrected chi connectivity index (χ4v) is 5.06. The molecule has 1 fully saturated rings. The molecule has 0 atom stereocenters. The minimum Gasteiger partial charge on any atom is -0.322 e. The highest BCUT2D eigenvalue weighted by Crippen LogP contribution is 2.34. The first-order valence-corrected chi connectivity index (χ1v) is 11.2. The molecule has 32 heavy (non-hydrogen) atoms. The van der Waals surface area contributed by atoms with Crippen LogP contribution in [0.15, 0.2) is 65.7 Å². The number of rotatable bonds is 5. The number of benzene rings is 2. The first kappa shape index (κ1) is 22.0. The zero-order valence-electron chi connectivity index (χ0n) is 16.7. The number of hydrogen-bond acceptors (Lipinski definition) is 4. The molecule has 1 N–H and O–H groups in total. The van der Waals surface area contributed by atoms with Gasteiger partial charge in [-0.25, -0.2) is 13.1 Å². The normalized spacial score (nSPS) is 15.1. The van der Waals surface area contributed by atoms with Gasteiger partial charge in [0.25, 0.3) is 5.91 Å². The molecular weight excluding hydrogens is 445 g/mol. The van der Waals surface area contributed by atoms with Crippen molar-refractivity contribution in [1.29, 1.82) is 0 Å². The number of nitrogens with one attached hydrogen (secondary N) is 1. The maximum absolute atomic E-state index is 13.7. The van der Waals surface area contributed by atoms with Crippen molar-refractivity contribution in [3.63, 3.8) is 0 Å². The lowest BCUT2D eigenvalue weighted by molar-refractivity contribution is -0.143. The number of nitrogens with zero attached hydrogens (tertiary/aromatic N) is 3. The second-order valence-corrected chi connectivity index (χ2v) is 9.18. The SMILES string of the molecule is O=C(Nc1ccc(S(=O)(=O)N2CCCC2)cc1)c1cnn(-c2ccccc2)c1C(F)(F)F. The van der Waals surface area contributed by atoms with Gasteiger partial charge in [0.15, 0.2) is 5.69 Å². The van der Waals surface area contributed by atoms with Crippen LogP contribution in [0.1, 0.15) is 28.9 Å². The van der Waals surface area contributed by atoms with Crippen LogP contribution in [-0.4, -0.2) is 41.5 Å². The summed E-state index contributed by atoms with van der Waals surface area (Å²) < 4.78 is 68.5. The molecule has 0 radical (unpaired) electrons. The highest BCUT2D eigenvalue weighted by molar-refractivity contribution is 7.89. The van der Waals surface area contributed by atoms with E-state index in [1.54, 1.807) is 18.2 Å². The summed E-state index contributed by atoms with van der Waals surface area (Å²) in [5, 5.41) is 6.14. The minimum absolute atomic E-state index is 0.0604. The first-order chi connectivity index (χ1) is 15.2. The summed E-state index contributed by atoms with van der Waals surface area (Å²) in [5.74, 6) is -1.00. The summed E-state index contributed by atoms with van der Waals surface area (Å²) in [6, 6.07) is 13.0. The Labute approximate surface area is 182 Å². The molecule has 3 aromatic rings. The van der Waals surface area contributed by atoms with Crippen LogP contribution < -0.4 is 5.32 Å². The number of hydrogen-bond donors (Lipinski definition) is 1. The predicted octanol–water partition coefficient (Wildman–Crippen LogP) is 3.93. The Hall–Kier alpha value is -3.18. The van der Waals surface area contributed by atoms with Crippen LogP contribution in [0.2, 0.25) is 0 Å². The van der Waals surface area contributed by atoms with Crippen molar-refractivity contribution in [2.45, 2.75) is 23.9 Å². The van der Waals surface area contributed by atoms with Crippen molar-refractivity contribution in [3.8, 4) is 5.69 Å². The summed E-state index contributed by atoms with van der Waals surface area (Å²) in [6.45, 7) is 0.902. The number of carbonyl (C=O) groups excluding carboxylic acids is 1. The summed E-state index contributed by atoms with van der Waals surface area (Å²) in [7, 11) is -3.63. The highest BCUT2D eigenvalue weighted by atomic mass is 32.2. The van der Waals surface area contributed by atoms with Crippen LogP contribution in [-0.2, 0) is 16.2 Å². The molecule has 168 valence electrons. The Morgan fingerprint density at radius 2 is 1.59 bits per heavy atom. The van der Waals surface area contributed by atoms with Gasteiger partial charge in [0.1, 0.15) is 0 Å². The Morgan fingerprint density at radius 1 is 0.969 bits per heavy atom. The molecule has 1 amide bonds. The van der Waals surface area contributed by atoms with Crippen molar-refractivity contribution >= 4 is 21.6 Å². The number of sulfonamides is 1. The molecule has 4 rings (SSSR count). The number of aromatic nitrogens is 2. The van der Waals surface area contributed by atoms with Gasteiger partial charge < -0.3 is 5.32 Å². The average molecular weight is 464 g/mol. The third-order valence-electron chi connectivity index (χ3n) is 5.10.